The van der Waals surface area contributed by atoms with E-state index in [2.05, 4.69) is 20.4 Å². The SMILES string of the molecule is [2H]C([2H])(c1cc(Cl)ccc1NCc1ccc(C(=O)OC)nc1)N1CCN(C(=O)CNC(=O)C2CC23CCC(F)(F)CC3)CC1. The van der Waals surface area contributed by atoms with E-state index in [1.807, 2.05) is 0 Å². The zero-order valence-corrected chi connectivity index (χ0v) is 24.2. The number of aromatic nitrogens is 1. The number of carbonyl (C=O) groups is 3. The molecule has 0 bridgehead atoms. The van der Waals surface area contributed by atoms with Gasteiger partial charge < -0.3 is 20.3 Å². The van der Waals surface area contributed by atoms with Gasteiger partial charge in [0.15, 0.2) is 0 Å². The summed E-state index contributed by atoms with van der Waals surface area (Å²) in [5, 5.41) is 6.31. The summed E-state index contributed by atoms with van der Waals surface area (Å²) in [7, 11) is 1.28. The molecule has 2 aromatic rings. The van der Waals surface area contributed by atoms with Crippen LogP contribution in [0.2, 0.25) is 5.02 Å². The van der Waals surface area contributed by atoms with E-state index < -0.39 is 18.4 Å². The van der Waals surface area contributed by atoms with Gasteiger partial charge in [-0.1, -0.05) is 17.7 Å². The third-order valence-electron chi connectivity index (χ3n) is 8.49. The Labute approximate surface area is 251 Å². The lowest BCUT2D eigenvalue weighted by Gasteiger charge is -2.35. The number of esters is 1. The van der Waals surface area contributed by atoms with E-state index in [0.29, 0.717) is 42.1 Å². The van der Waals surface area contributed by atoms with Crippen molar-refractivity contribution >= 4 is 35.1 Å². The molecule has 2 N–H and O–H groups in total. The summed E-state index contributed by atoms with van der Waals surface area (Å²) in [6.07, 6.45) is 2.42. The van der Waals surface area contributed by atoms with Gasteiger partial charge in [0.1, 0.15) is 5.69 Å². The molecule has 226 valence electrons. The predicted octanol–water partition coefficient (Wildman–Crippen LogP) is 4.11. The van der Waals surface area contributed by atoms with Crippen LogP contribution in [0.1, 0.15) is 56.5 Å². The number of methoxy groups -OCH3 is 1. The summed E-state index contributed by atoms with van der Waals surface area (Å²) in [4.78, 5) is 44.5. The van der Waals surface area contributed by atoms with Gasteiger partial charge in [-0.05, 0) is 60.1 Å². The van der Waals surface area contributed by atoms with Gasteiger partial charge in [0.25, 0.3) is 0 Å². The molecule has 2 aliphatic carbocycles. The van der Waals surface area contributed by atoms with Crippen molar-refractivity contribution in [1.82, 2.24) is 20.1 Å². The van der Waals surface area contributed by atoms with Crippen LogP contribution >= 0.6 is 11.6 Å². The van der Waals surface area contributed by atoms with Crippen molar-refractivity contribution in [3.8, 4) is 0 Å². The van der Waals surface area contributed by atoms with Gasteiger partial charge >= 0.3 is 5.97 Å². The van der Waals surface area contributed by atoms with Crippen LogP contribution in [0.5, 0.6) is 0 Å². The molecule has 42 heavy (non-hydrogen) atoms. The molecule has 1 atom stereocenters. The van der Waals surface area contributed by atoms with Crippen molar-refractivity contribution in [3.05, 3.63) is 58.4 Å². The number of anilines is 1. The number of amides is 2. The van der Waals surface area contributed by atoms with Gasteiger partial charge in [0.2, 0.25) is 17.7 Å². The highest BCUT2D eigenvalue weighted by Crippen LogP contribution is 2.63. The number of halogens is 3. The highest BCUT2D eigenvalue weighted by Gasteiger charge is 2.60. The van der Waals surface area contributed by atoms with Crippen LogP contribution < -0.4 is 10.6 Å². The Morgan fingerprint density at radius 3 is 2.52 bits per heavy atom. The number of rotatable bonds is 9. The van der Waals surface area contributed by atoms with Crippen molar-refractivity contribution in [2.75, 3.05) is 45.2 Å². The zero-order chi connectivity index (χ0) is 31.7. The Morgan fingerprint density at radius 1 is 1.12 bits per heavy atom. The van der Waals surface area contributed by atoms with E-state index in [1.165, 1.54) is 7.11 Å². The lowest BCUT2D eigenvalue weighted by atomic mass is 9.82. The molecule has 1 aromatic heterocycles. The summed E-state index contributed by atoms with van der Waals surface area (Å²) in [6, 6.07) is 8.24. The fourth-order valence-corrected chi connectivity index (χ4v) is 5.91. The first-order chi connectivity index (χ1) is 20.8. The average molecular weight is 606 g/mol. The minimum atomic E-state index is -2.65. The Hall–Kier alpha value is -3.31. The predicted molar refractivity (Wildman–Crippen MR) is 153 cm³/mol. The van der Waals surface area contributed by atoms with Crippen LogP contribution in [-0.2, 0) is 27.4 Å². The fourth-order valence-electron chi connectivity index (χ4n) is 5.74. The molecule has 0 radical (unpaired) electrons. The zero-order valence-electron chi connectivity index (χ0n) is 25.4. The molecule has 2 saturated carbocycles. The smallest absolute Gasteiger partial charge is 0.356 e. The normalized spacial score (nSPS) is 22.1. The third-order valence-corrected chi connectivity index (χ3v) is 8.73. The van der Waals surface area contributed by atoms with E-state index in [0.717, 1.165) is 5.56 Å². The number of carbonyl (C=O) groups excluding carboxylic acids is 3. The molecule has 1 spiro atoms. The average Bonchev–Trinajstić information content (AvgIpc) is 3.74. The molecule has 1 aliphatic heterocycles. The van der Waals surface area contributed by atoms with E-state index in [9.17, 15) is 23.2 Å². The Morgan fingerprint density at radius 2 is 1.86 bits per heavy atom. The number of benzene rings is 1. The van der Waals surface area contributed by atoms with Crippen molar-refractivity contribution in [2.45, 2.75) is 51.1 Å². The van der Waals surface area contributed by atoms with Crippen LogP contribution in [0, 0.1) is 11.3 Å². The highest BCUT2D eigenvalue weighted by atomic mass is 35.5. The lowest BCUT2D eigenvalue weighted by molar-refractivity contribution is -0.135. The standard InChI is InChI=1S/C30H36ClF2N5O4/c1-42-28(41)25-4-2-20(17-35-25)16-34-24-5-3-22(31)14-21(24)19-37-10-12-38(13-11-37)26(39)18-36-27(40)23-15-29(23)6-8-30(32,33)9-7-29/h2-5,14,17,23,34H,6-13,15-16,18-19H2,1H3,(H,36,40)/i19D2. The van der Waals surface area contributed by atoms with Crippen molar-refractivity contribution < 1.29 is 30.6 Å². The molecule has 1 aromatic carbocycles. The third kappa shape index (κ3) is 7.18. The largest absolute Gasteiger partial charge is 0.464 e. The molecule has 12 heteroatoms. The van der Waals surface area contributed by atoms with Crippen molar-refractivity contribution in [3.63, 3.8) is 0 Å². The van der Waals surface area contributed by atoms with Gasteiger partial charge in [-0.2, -0.15) is 0 Å². The van der Waals surface area contributed by atoms with Crippen LogP contribution in [0.25, 0.3) is 0 Å². The topological polar surface area (TPSA) is 104 Å². The molecular formula is C30H36ClF2N5O4. The Balaban J connectivity index is 1.13. The fraction of sp³-hybridized carbons (Fsp3) is 0.533. The monoisotopic (exact) mass is 605 g/mol. The van der Waals surface area contributed by atoms with Crippen LogP contribution in [-0.4, -0.2) is 78.3 Å². The maximum atomic E-state index is 13.5. The maximum Gasteiger partial charge on any atom is 0.356 e. The van der Waals surface area contributed by atoms with E-state index in [-0.39, 0.29) is 74.4 Å². The van der Waals surface area contributed by atoms with E-state index in [1.54, 1.807) is 46.3 Å². The summed E-state index contributed by atoms with van der Waals surface area (Å²) in [5.41, 5.74) is 1.50. The van der Waals surface area contributed by atoms with E-state index in [4.69, 9.17) is 14.3 Å². The number of ether oxygens (including phenoxy) is 1. The molecule has 3 aliphatic rings. The molecule has 5 rings (SSSR count). The van der Waals surface area contributed by atoms with Gasteiger partial charge in [-0.3, -0.25) is 14.5 Å². The van der Waals surface area contributed by atoms with E-state index >= 15 is 0 Å². The minimum Gasteiger partial charge on any atom is -0.464 e. The van der Waals surface area contributed by atoms with Gasteiger partial charge in [-0.15, -0.1) is 0 Å². The molecule has 3 fully saturated rings. The van der Waals surface area contributed by atoms with Gasteiger partial charge in [0, 0.05) is 77.6 Å². The molecule has 9 nitrogen and oxygen atoms in total. The highest BCUT2D eigenvalue weighted by molar-refractivity contribution is 6.30. The summed E-state index contributed by atoms with van der Waals surface area (Å²) in [5.74, 6) is -4.01. The van der Waals surface area contributed by atoms with Crippen LogP contribution in [0.15, 0.2) is 36.5 Å². The number of alkyl halides is 2. The first-order valence-electron chi connectivity index (χ1n) is 15.1. The number of nitrogens with one attached hydrogen (secondary N) is 2. The molecular weight excluding hydrogens is 568 g/mol. The molecule has 1 saturated heterocycles. The molecule has 2 heterocycles. The first-order valence-corrected chi connectivity index (χ1v) is 14.5. The second kappa shape index (κ2) is 12.5. The summed E-state index contributed by atoms with van der Waals surface area (Å²) >= 11 is 6.26. The van der Waals surface area contributed by atoms with Crippen LogP contribution in [0.4, 0.5) is 14.5 Å². The first kappa shape index (κ1) is 27.5. The quantitative estimate of drug-likeness (QED) is 0.415. The number of hydrogen-bond acceptors (Lipinski definition) is 7. The molecule has 2 amide bonds. The minimum absolute atomic E-state index is 0.174. The number of pyridine rings is 1. The number of nitrogens with zero attached hydrogens (tertiary/aromatic N) is 3. The van der Waals surface area contributed by atoms with Crippen LogP contribution in [0.3, 0.4) is 0 Å². The Bertz CT molecular complexity index is 1400. The second-order valence-corrected chi connectivity index (χ2v) is 11.7. The summed E-state index contributed by atoms with van der Waals surface area (Å²) in [6.45, 7) is -0.694. The number of hydrogen-bond donors (Lipinski definition) is 2. The maximum absolute atomic E-state index is 13.5. The lowest BCUT2D eigenvalue weighted by Crippen LogP contribution is -2.51. The van der Waals surface area contributed by atoms with Crippen molar-refractivity contribution in [1.29, 1.82) is 0 Å². The second-order valence-electron chi connectivity index (χ2n) is 11.3. The Kier molecular flexibility index (Phi) is 8.20. The van der Waals surface area contributed by atoms with Gasteiger partial charge in [0.05, 0.1) is 13.7 Å². The van der Waals surface area contributed by atoms with Crippen molar-refractivity contribution in [2.24, 2.45) is 11.3 Å². The molecule has 1 unspecified atom stereocenters. The van der Waals surface area contributed by atoms with Gasteiger partial charge in [-0.25, -0.2) is 18.6 Å². The number of piperazine rings is 1. The summed E-state index contributed by atoms with van der Waals surface area (Å²) < 4.78 is 49.7.